The van der Waals surface area contributed by atoms with E-state index in [0.717, 1.165) is 48.8 Å². The highest BCUT2D eigenvalue weighted by Crippen LogP contribution is 2.33. The van der Waals surface area contributed by atoms with Crippen molar-refractivity contribution >= 4 is 54.9 Å². The zero-order valence-corrected chi connectivity index (χ0v) is 29.4. The summed E-state index contributed by atoms with van der Waals surface area (Å²) in [6.07, 6.45) is -3.15. The predicted molar refractivity (Wildman–Crippen MR) is 184 cm³/mol. The van der Waals surface area contributed by atoms with Gasteiger partial charge in [-0.25, -0.2) is 35.9 Å². The van der Waals surface area contributed by atoms with Gasteiger partial charge in [0.1, 0.15) is 9.79 Å². The van der Waals surface area contributed by atoms with Gasteiger partial charge in [0.05, 0.1) is 22.5 Å². The Bertz CT molecular complexity index is 2020. The summed E-state index contributed by atoms with van der Waals surface area (Å²) in [6.45, 7) is 0.107. The molecule has 0 saturated heterocycles. The van der Waals surface area contributed by atoms with Crippen LogP contribution in [0.5, 0.6) is 0 Å². The molecule has 4 aromatic rings. The van der Waals surface area contributed by atoms with E-state index in [4.69, 9.17) is 0 Å². The number of unbranched alkanes of at least 4 members (excludes halogenated alkanes) is 3. The molecule has 0 fully saturated rings. The summed E-state index contributed by atoms with van der Waals surface area (Å²) in [6, 6.07) is 8.48. The van der Waals surface area contributed by atoms with E-state index in [1.807, 2.05) is 9.44 Å². The maximum Gasteiger partial charge on any atom is 0.416 e. The van der Waals surface area contributed by atoms with Crippen molar-refractivity contribution in [2.45, 2.75) is 47.8 Å². The number of urea groups is 2. The third kappa shape index (κ3) is 11.9. The molecule has 0 aliphatic heterocycles. The first-order chi connectivity index (χ1) is 25.3. The van der Waals surface area contributed by atoms with Crippen LogP contribution >= 0.6 is 0 Å². The molecular formula is C32H32F6N8O6S2. The zero-order chi connectivity index (χ0) is 39.6. The van der Waals surface area contributed by atoms with Crippen LogP contribution in [0.3, 0.4) is 0 Å². The lowest BCUT2D eigenvalue weighted by atomic mass is 10.2. The molecule has 290 valence electrons. The van der Waals surface area contributed by atoms with Gasteiger partial charge in [0, 0.05) is 49.3 Å². The zero-order valence-electron chi connectivity index (χ0n) is 27.8. The molecule has 2 aromatic heterocycles. The van der Waals surface area contributed by atoms with Gasteiger partial charge in [-0.2, -0.15) is 26.3 Å². The third-order valence-corrected chi connectivity index (χ3v) is 9.93. The van der Waals surface area contributed by atoms with Crippen LogP contribution < -0.4 is 30.7 Å². The van der Waals surface area contributed by atoms with Crippen LogP contribution in [-0.4, -0.2) is 52.0 Å². The second-order valence-corrected chi connectivity index (χ2v) is 14.6. The van der Waals surface area contributed by atoms with Gasteiger partial charge in [-0.1, -0.05) is 25.0 Å². The van der Waals surface area contributed by atoms with Gasteiger partial charge in [0.25, 0.3) is 20.0 Å². The van der Waals surface area contributed by atoms with Crippen molar-refractivity contribution in [3.63, 3.8) is 0 Å². The van der Waals surface area contributed by atoms with Crippen LogP contribution in [0, 0.1) is 0 Å². The largest absolute Gasteiger partial charge is 0.416 e. The Morgan fingerprint density at radius 2 is 0.963 bits per heavy atom. The van der Waals surface area contributed by atoms with Gasteiger partial charge in [-0.05, 0) is 61.4 Å². The number of nitrogens with zero attached hydrogens (tertiary/aromatic N) is 2. The fourth-order valence-electron chi connectivity index (χ4n) is 4.69. The van der Waals surface area contributed by atoms with Gasteiger partial charge in [-0.3, -0.25) is 9.97 Å². The lowest BCUT2D eigenvalue weighted by Gasteiger charge is -2.15. The Hall–Kier alpha value is -5.64. The molecule has 22 heteroatoms. The number of benzene rings is 2. The summed E-state index contributed by atoms with van der Waals surface area (Å²) >= 11 is 0. The number of hydrogen-bond donors (Lipinski definition) is 6. The van der Waals surface area contributed by atoms with Crippen molar-refractivity contribution in [1.29, 1.82) is 0 Å². The quantitative estimate of drug-likeness (QED) is 0.0591. The van der Waals surface area contributed by atoms with E-state index in [9.17, 15) is 52.8 Å². The summed E-state index contributed by atoms with van der Waals surface area (Å²) in [4.78, 5) is 31.1. The maximum absolute atomic E-state index is 13.1. The molecule has 0 bridgehead atoms. The van der Waals surface area contributed by atoms with Gasteiger partial charge in [0.15, 0.2) is 0 Å². The third-order valence-electron chi connectivity index (χ3n) is 7.21. The first kappa shape index (κ1) is 41.1. The van der Waals surface area contributed by atoms with Crippen molar-refractivity contribution in [3.05, 3.63) is 96.6 Å². The minimum Gasteiger partial charge on any atom is -0.354 e. The van der Waals surface area contributed by atoms with Gasteiger partial charge < -0.3 is 21.3 Å². The molecule has 2 aromatic carbocycles. The molecule has 0 aliphatic carbocycles. The summed E-state index contributed by atoms with van der Waals surface area (Å²) in [5, 5.41) is 9.95. The Labute approximate surface area is 305 Å². The van der Waals surface area contributed by atoms with Crippen LogP contribution in [0.2, 0.25) is 0 Å². The summed E-state index contributed by atoms with van der Waals surface area (Å²) in [7, 11) is -9.02. The van der Waals surface area contributed by atoms with E-state index >= 15 is 0 Å². The Morgan fingerprint density at radius 1 is 0.574 bits per heavy atom. The first-order valence-electron chi connectivity index (χ1n) is 15.7. The minimum atomic E-state index is -4.62. The topological polar surface area (TPSA) is 200 Å². The van der Waals surface area contributed by atoms with Crippen LogP contribution in [0.1, 0.15) is 36.8 Å². The number of pyridine rings is 2. The molecule has 0 radical (unpaired) electrons. The van der Waals surface area contributed by atoms with Crippen molar-refractivity contribution in [2.75, 3.05) is 23.7 Å². The Morgan fingerprint density at radius 3 is 1.33 bits per heavy atom. The number of carbonyl (C=O) groups is 2. The van der Waals surface area contributed by atoms with Crippen LogP contribution in [0.4, 0.5) is 58.7 Å². The average Bonchev–Trinajstić information content (AvgIpc) is 3.09. The second kappa shape index (κ2) is 17.5. The fraction of sp³-hybridized carbons (Fsp3) is 0.250. The predicted octanol–water partition coefficient (Wildman–Crippen LogP) is 6.24. The number of halogens is 6. The standard InChI is InChI=1S/C32H32F6N8O6S2/c33-31(34,35)21-7-5-9-23(17-21)43-25-11-15-39-19-27(25)53(49,50)45-29(47)41-13-3-1-2-4-14-42-30(48)46-54(51,52)28-20-40-16-12-26(28)44-24-10-6-8-22(18-24)32(36,37)38/h5-12,15-20H,1-4,13-14H2,(H,39,43)(H,40,44)(H2,41,45,47)(H2,42,46,48). The van der Waals surface area contributed by atoms with E-state index in [-0.39, 0.29) is 35.8 Å². The molecular weight excluding hydrogens is 771 g/mol. The molecule has 14 nitrogen and oxygen atoms in total. The summed E-state index contributed by atoms with van der Waals surface area (Å²) < 4.78 is 134. The Balaban J connectivity index is 1.18. The second-order valence-electron chi connectivity index (χ2n) is 11.3. The number of sulfonamides is 2. The average molecular weight is 803 g/mol. The number of nitrogens with one attached hydrogen (secondary N) is 6. The smallest absolute Gasteiger partial charge is 0.354 e. The van der Waals surface area contributed by atoms with Crippen molar-refractivity contribution in [1.82, 2.24) is 30.0 Å². The van der Waals surface area contributed by atoms with E-state index in [1.165, 1.54) is 36.7 Å². The highest BCUT2D eigenvalue weighted by Gasteiger charge is 2.32. The molecule has 54 heavy (non-hydrogen) atoms. The number of amides is 4. The summed E-state index contributed by atoms with van der Waals surface area (Å²) in [5.41, 5.74) is -2.27. The first-order valence-corrected chi connectivity index (χ1v) is 18.7. The molecule has 4 amide bonds. The van der Waals surface area contributed by atoms with Crippen molar-refractivity contribution < 1.29 is 52.8 Å². The van der Waals surface area contributed by atoms with E-state index in [0.29, 0.717) is 25.7 Å². The molecule has 0 aliphatic rings. The van der Waals surface area contributed by atoms with Crippen LogP contribution in [-0.2, 0) is 32.4 Å². The highest BCUT2D eigenvalue weighted by molar-refractivity contribution is 7.90. The van der Waals surface area contributed by atoms with Crippen LogP contribution in [0.25, 0.3) is 0 Å². The number of aromatic nitrogens is 2. The van der Waals surface area contributed by atoms with Crippen molar-refractivity contribution in [3.8, 4) is 0 Å². The van der Waals surface area contributed by atoms with E-state index in [1.54, 1.807) is 0 Å². The number of anilines is 4. The molecule has 0 atom stereocenters. The SMILES string of the molecule is O=C(NCCCCCCNC(=O)NS(=O)(=O)c1cnccc1Nc1cccc(C(F)(F)F)c1)NS(=O)(=O)c1cnccc1Nc1cccc(C(F)(F)F)c1. The van der Waals surface area contributed by atoms with E-state index < -0.39 is 65.4 Å². The van der Waals surface area contributed by atoms with Gasteiger partial charge >= 0.3 is 24.4 Å². The lowest BCUT2D eigenvalue weighted by molar-refractivity contribution is -0.138. The van der Waals surface area contributed by atoms with Crippen LogP contribution in [0.15, 0.2) is 95.2 Å². The Kier molecular flexibility index (Phi) is 13.3. The molecule has 6 N–H and O–H groups in total. The maximum atomic E-state index is 13.1. The number of alkyl halides is 6. The van der Waals surface area contributed by atoms with E-state index in [2.05, 4.69) is 31.2 Å². The molecule has 0 unspecified atom stereocenters. The highest BCUT2D eigenvalue weighted by atomic mass is 32.2. The van der Waals surface area contributed by atoms with Gasteiger partial charge in [-0.15, -0.1) is 0 Å². The minimum absolute atomic E-state index is 0.0517. The fourth-order valence-corrected chi connectivity index (χ4v) is 6.75. The normalized spacial score (nSPS) is 12.0. The van der Waals surface area contributed by atoms with Crippen molar-refractivity contribution in [2.24, 2.45) is 0 Å². The molecule has 0 spiro atoms. The molecule has 0 saturated carbocycles. The number of rotatable bonds is 15. The molecule has 2 heterocycles. The number of carbonyl (C=O) groups excluding carboxylic acids is 2. The van der Waals surface area contributed by atoms with Gasteiger partial charge in [0.2, 0.25) is 0 Å². The monoisotopic (exact) mass is 802 g/mol. The molecule has 4 rings (SSSR count). The summed E-state index contributed by atoms with van der Waals surface area (Å²) in [5.74, 6) is 0. The number of hydrogen-bond acceptors (Lipinski definition) is 10. The lowest BCUT2D eigenvalue weighted by Crippen LogP contribution is -2.40.